The first-order valence-electron chi connectivity index (χ1n) is 7.22. The number of nitrogens with one attached hydrogen (secondary N) is 1. The number of hydrogen-bond donors (Lipinski definition) is 1. The lowest BCUT2D eigenvalue weighted by molar-refractivity contribution is -0.124. The van der Waals surface area contributed by atoms with E-state index in [2.05, 4.69) is 5.32 Å². The quantitative estimate of drug-likeness (QED) is 0.857. The average molecular weight is 326 g/mol. The summed E-state index contributed by atoms with van der Waals surface area (Å²) in [6.07, 6.45) is 0. The maximum Gasteiger partial charge on any atom is 0.341 e. The summed E-state index contributed by atoms with van der Waals surface area (Å²) in [7, 11) is 0. The van der Waals surface area contributed by atoms with Crippen molar-refractivity contribution in [2.75, 3.05) is 6.61 Å². The van der Waals surface area contributed by atoms with Crippen molar-refractivity contribution in [2.24, 2.45) is 0 Å². The Morgan fingerprint density at radius 2 is 1.96 bits per heavy atom. The van der Waals surface area contributed by atoms with E-state index in [9.17, 15) is 14.0 Å². The first-order chi connectivity index (χ1) is 11.5. The molecule has 0 unspecified atom stereocenters. The van der Waals surface area contributed by atoms with Gasteiger partial charge in [0.25, 0.3) is 5.91 Å². The molecule has 1 atom stereocenters. The maximum absolute atomic E-state index is 13.7. The van der Waals surface area contributed by atoms with Gasteiger partial charge in [-0.05, 0) is 30.7 Å². The molecular weight excluding hydrogens is 311 g/mol. The summed E-state index contributed by atoms with van der Waals surface area (Å²) in [6.45, 7) is 1.28. The van der Waals surface area contributed by atoms with E-state index < -0.39 is 24.3 Å². The number of esters is 1. The van der Waals surface area contributed by atoms with Gasteiger partial charge in [-0.25, -0.2) is 9.18 Å². The lowest BCUT2D eigenvalue weighted by atomic mass is 10.1. The van der Waals surface area contributed by atoms with Gasteiger partial charge in [0, 0.05) is 0 Å². The predicted molar refractivity (Wildman–Crippen MR) is 84.4 cm³/mol. The molecule has 0 aliphatic carbocycles. The van der Waals surface area contributed by atoms with Crippen molar-refractivity contribution in [3.63, 3.8) is 0 Å². The molecule has 2 aromatic carbocycles. The molecule has 0 saturated heterocycles. The molecule has 0 radical (unpaired) electrons. The summed E-state index contributed by atoms with van der Waals surface area (Å²) in [4.78, 5) is 23.6. The number of nitriles is 1. The van der Waals surface area contributed by atoms with Crippen LogP contribution in [0.1, 0.15) is 34.5 Å². The molecule has 1 N–H and O–H groups in total. The lowest BCUT2D eigenvalue weighted by Crippen LogP contribution is -2.31. The standard InChI is InChI=1S/C18H15FN2O3/c1-12(14-5-3-2-4-6-14)21-17(22)11-24-18(23)15-8-7-13(10-20)9-16(15)19/h2-9,12H,11H2,1H3,(H,21,22)/t12-/m1/s1. The van der Waals surface area contributed by atoms with E-state index in [0.717, 1.165) is 17.7 Å². The van der Waals surface area contributed by atoms with Gasteiger partial charge in [-0.2, -0.15) is 5.26 Å². The zero-order chi connectivity index (χ0) is 17.5. The van der Waals surface area contributed by atoms with Crippen LogP contribution in [0.3, 0.4) is 0 Å². The number of amides is 1. The topological polar surface area (TPSA) is 79.2 Å². The number of benzene rings is 2. The highest BCUT2D eigenvalue weighted by Gasteiger charge is 2.16. The normalized spacial score (nSPS) is 11.2. The van der Waals surface area contributed by atoms with Gasteiger partial charge in [-0.15, -0.1) is 0 Å². The first kappa shape index (κ1) is 17.2. The van der Waals surface area contributed by atoms with E-state index in [-0.39, 0.29) is 17.2 Å². The average Bonchev–Trinajstić information content (AvgIpc) is 2.60. The third kappa shape index (κ3) is 4.40. The molecule has 24 heavy (non-hydrogen) atoms. The zero-order valence-corrected chi connectivity index (χ0v) is 13.0. The van der Waals surface area contributed by atoms with Crippen LogP contribution in [0.5, 0.6) is 0 Å². The van der Waals surface area contributed by atoms with Crippen LogP contribution in [-0.2, 0) is 9.53 Å². The summed E-state index contributed by atoms with van der Waals surface area (Å²) in [5, 5.41) is 11.3. The van der Waals surface area contributed by atoms with E-state index >= 15 is 0 Å². The van der Waals surface area contributed by atoms with Crippen LogP contribution in [0.4, 0.5) is 4.39 Å². The molecule has 122 valence electrons. The Kier molecular flexibility index (Phi) is 5.63. The minimum atomic E-state index is -0.959. The van der Waals surface area contributed by atoms with Crippen LogP contribution in [0, 0.1) is 17.1 Å². The number of hydrogen-bond acceptors (Lipinski definition) is 4. The van der Waals surface area contributed by atoms with Crippen LogP contribution in [0.2, 0.25) is 0 Å². The van der Waals surface area contributed by atoms with Crippen molar-refractivity contribution in [1.29, 1.82) is 5.26 Å². The zero-order valence-electron chi connectivity index (χ0n) is 13.0. The SMILES string of the molecule is C[C@@H](NC(=O)COC(=O)c1ccc(C#N)cc1F)c1ccccc1. The van der Waals surface area contributed by atoms with E-state index in [4.69, 9.17) is 10.00 Å². The molecular formula is C18H15FN2O3. The number of nitrogens with zero attached hydrogens (tertiary/aromatic N) is 1. The van der Waals surface area contributed by atoms with Gasteiger partial charge < -0.3 is 10.1 Å². The van der Waals surface area contributed by atoms with Crippen LogP contribution in [-0.4, -0.2) is 18.5 Å². The Morgan fingerprint density at radius 3 is 2.58 bits per heavy atom. The second-order valence-corrected chi connectivity index (χ2v) is 5.08. The summed E-state index contributed by atoms with van der Waals surface area (Å²) in [5.41, 5.74) is 0.687. The monoisotopic (exact) mass is 326 g/mol. The second-order valence-electron chi connectivity index (χ2n) is 5.08. The van der Waals surface area contributed by atoms with Crippen LogP contribution in [0.25, 0.3) is 0 Å². The van der Waals surface area contributed by atoms with Crippen LogP contribution >= 0.6 is 0 Å². The third-order valence-electron chi connectivity index (χ3n) is 3.33. The molecule has 2 aromatic rings. The van der Waals surface area contributed by atoms with Crippen molar-refractivity contribution in [2.45, 2.75) is 13.0 Å². The van der Waals surface area contributed by atoms with Crippen molar-refractivity contribution >= 4 is 11.9 Å². The van der Waals surface area contributed by atoms with Gasteiger partial charge in [0.15, 0.2) is 6.61 Å². The number of halogens is 1. The Balaban J connectivity index is 1.90. The minimum absolute atomic E-state index is 0.0958. The molecule has 1 amide bonds. The van der Waals surface area contributed by atoms with Crippen LogP contribution in [0.15, 0.2) is 48.5 Å². The lowest BCUT2D eigenvalue weighted by Gasteiger charge is -2.14. The Morgan fingerprint density at radius 1 is 1.25 bits per heavy atom. The Hall–Kier alpha value is -3.20. The summed E-state index contributed by atoms with van der Waals surface area (Å²) in [5.74, 6) is -2.31. The van der Waals surface area contributed by atoms with Gasteiger partial charge in [-0.3, -0.25) is 4.79 Å². The molecule has 0 aliphatic rings. The van der Waals surface area contributed by atoms with Crippen molar-refractivity contribution < 1.29 is 18.7 Å². The van der Waals surface area contributed by atoms with Gasteiger partial charge in [-0.1, -0.05) is 30.3 Å². The number of carbonyl (C=O) groups is 2. The third-order valence-corrected chi connectivity index (χ3v) is 3.33. The van der Waals surface area contributed by atoms with Gasteiger partial charge in [0.05, 0.1) is 23.2 Å². The smallest absolute Gasteiger partial charge is 0.341 e. The molecule has 0 fully saturated rings. The van der Waals surface area contributed by atoms with Crippen LogP contribution < -0.4 is 5.32 Å². The van der Waals surface area contributed by atoms with Crippen molar-refractivity contribution in [1.82, 2.24) is 5.32 Å². The number of rotatable bonds is 5. The number of carbonyl (C=O) groups excluding carboxylic acids is 2. The largest absolute Gasteiger partial charge is 0.452 e. The van der Waals surface area contributed by atoms with E-state index in [1.807, 2.05) is 30.3 Å². The fourth-order valence-corrected chi connectivity index (χ4v) is 2.07. The van der Waals surface area contributed by atoms with E-state index in [0.29, 0.717) is 0 Å². The number of ether oxygens (including phenoxy) is 1. The predicted octanol–water partition coefficient (Wildman–Crippen LogP) is 2.73. The fourth-order valence-electron chi connectivity index (χ4n) is 2.07. The van der Waals surface area contributed by atoms with Crippen molar-refractivity contribution in [3.05, 3.63) is 71.0 Å². The molecule has 0 heterocycles. The molecule has 0 aliphatic heterocycles. The van der Waals surface area contributed by atoms with E-state index in [1.165, 1.54) is 6.07 Å². The molecule has 0 spiro atoms. The van der Waals surface area contributed by atoms with E-state index in [1.54, 1.807) is 13.0 Å². The molecule has 6 heteroatoms. The molecule has 0 bridgehead atoms. The summed E-state index contributed by atoms with van der Waals surface area (Å²) < 4.78 is 18.5. The highest BCUT2D eigenvalue weighted by molar-refractivity contribution is 5.91. The summed E-state index contributed by atoms with van der Waals surface area (Å²) in [6, 6.07) is 14.2. The molecule has 2 rings (SSSR count). The highest BCUT2D eigenvalue weighted by atomic mass is 19.1. The fraction of sp³-hybridized carbons (Fsp3) is 0.167. The Bertz CT molecular complexity index is 785. The van der Waals surface area contributed by atoms with Gasteiger partial charge >= 0.3 is 5.97 Å². The highest BCUT2D eigenvalue weighted by Crippen LogP contribution is 2.12. The van der Waals surface area contributed by atoms with Gasteiger partial charge in [0.2, 0.25) is 0 Å². The molecule has 0 aromatic heterocycles. The molecule has 0 saturated carbocycles. The molecule has 5 nitrogen and oxygen atoms in total. The minimum Gasteiger partial charge on any atom is -0.452 e. The van der Waals surface area contributed by atoms with Gasteiger partial charge in [0.1, 0.15) is 5.82 Å². The summed E-state index contributed by atoms with van der Waals surface area (Å²) >= 11 is 0. The first-order valence-corrected chi connectivity index (χ1v) is 7.22. The second kappa shape index (κ2) is 7.88. The van der Waals surface area contributed by atoms with Crippen molar-refractivity contribution in [3.8, 4) is 6.07 Å². The Labute approximate surface area is 138 Å². The maximum atomic E-state index is 13.7.